The smallest absolute Gasteiger partial charge is 0.225 e. The van der Waals surface area contributed by atoms with Crippen molar-refractivity contribution in [3.05, 3.63) is 11.8 Å². The number of carbonyl (C=O) groups excluding carboxylic acids is 1. The summed E-state index contributed by atoms with van der Waals surface area (Å²) in [4.78, 5) is 11.6. The highest BCUT2D eigenvalue weighted by Gasteiger charge is 2.18. The van der Waals surface area contributed by atoms with Gasteiger partial charge in [0.15, 0.2) is 5.82 Å². The van der Waals surface area contributed by atoms with E-state index in [4.69, 9.17) is 4.52 Å². The zero-order valence-corrected chi connectivity index (χ0v) is 8.95. The summed E-state index contributed by atoms with van der Waals surface area (Å²) < 4.78 is 4.87. The van der Waals surface area contributed by atoms with Gasteiger partial charge in [0.1, 0.15) is 5.76 Å². The predicted octanol–water partition coefficient (Wildman–Crippen LogP) is 2.50. The quantitative estimate of drug-likeness (QED) is 0.830. The number of amides is 1. The normalized spacial score (nSPS) is 16.9. The minimum Gasteiger partial charge on any atom is -0.360 e. The minimum atomic E-state index is 0.0511. The molecule has 1 aliphatic rings. The maximum atomic E-state index is 11.6. The summed E-state index contributed by atoms with van der Waals surface area (Å²) in [5.41, 5.74) is 0. The molecule has 0 aliphatic heterocycles. The molecule has 1 amide bonds. The van der Waals surface area contributed by atoms with E-state index in [0.717, 1.165) is 0 Å². The van der Waals surface area contributed by atoms with Crippen LogP contribution < -0.4 is 5.32 Å². The average molecular weight is 208 g/mol. The number of aromatic nitrogens is 1. The summed E-state index contributed by atoms with van der Waals surface area (Å²) in [6, 6.07) is 1.73. The summed E-state index contributed by atoms with van der Waals surface area (Å²) in [5, 5.41) is 6.47. The second-order valence-corrected chi connectivity index (χ2v) is 4.23. The summed E-state index contributed by atoms with van der Waals surface area (Å²) in [6.45, 7) is 1.81. The molecule has 2 rings (SSSR count). The number of hydrogen-bond donors (Lipinski definition) is 1. The lowest BCUT2D eigenvalue weighted by molar-refractivity contribution is -0.117. The van der Waals surface area contributed by atoms with Gasteiger partial charge in [0.05, 0.1) is 0 Å². The zero-order chi connectivity index (χ0) is 10.7. The summed E-state index contributed by atoms with van der Waals surface area (Å²) in [7, 11) is 0. The molecule has 4 nitrogen and oxygen atoms in total. The van der Waals surface area contributed by atoms with Gasteiger partial charge in [0.25, 0.3) is 0 Å². The first-order valence-corrected chi connectivity index (χ1v) is 5.47. The summed E-state index contributed by atoms with van der Waals surface area (Å²) in [5.74, 6) is 1.86. The third-order valence-electron chi connectivity index (χ3n) is 2.84. The fourth-order valence-corrected chi connectivity index (χ4v) is 2.10. The topological polar surface area (TPSA) is 55.1 Å². The molecule has 0 spiro atoms. The molecule has 1 heterocycles. The molecule has 1 aromatic heterocycles. The Hall–Kier alpha value is -1.32. The molecule has 0 atom stereocenters. The monoisotopic (exact) mass is 208 g/mol. The average Bonchev–Trinajstić information content (AvgIpc) is 2.77. The molecule has 4 heteroatoms. The standard InChI is InChI=1S/C11H16N2O2/c1-8-6-10(13-15-8)12-11(14)7-9-4-2-3-5-9/h6,9H,2-5,7H2,1H3,(H,12,13,14). The molecule has 0 radical (unpaired) electrons. The second kappa shape index (κ2) is 4.47. The van der Waals surface area contributed by atoms with Crippen molar-refractivity contribution >= 4 is 11.7 Å². The van der Waals surface area contributed by atoms with Crippen LogP contribution in [0.25, 0.3) is 0 Å². The molecule has 0 aromatic carbocycles. The van der Waals surface area contributed by atoms with Crippen LogP contribution in [0.4, 0.5) is 5.82 Å². The molecule has 1 aromatic rings. The Bertz CT molecular complexity index is 340. The number of rotatable bonds is 3. The maximum absolute atomic E-state index is 11.6. The molecule has 0 bridgehead atoms. The maximum Gasteiger partial charge on any atom is 0.225 e. The van der Waals surface area contributed by atoms with Crippen molar-refractivity contribution in [3.8, 4) is 0 Å². The Morgan fingerprint density at radius 1 is 1.60 bits per heavy atom. The predicted molar refractivity (Wildman–Crippen MR) is 56.4 cm³/mol. The fraction of sp³-hybridized carbons (Fsp3) is 0.636. The summed E-state index contributed by atoms with van der Waals surface area (Å²) >= 11 is 0. The number of aryl methyl sites for hydroxylation is 1. The van der Waals surface area contributed by atoms with Crippen LogP contribution in [0.15, 0.2) is 10.6 Å². The van der Waals surface area contributed by atoms with Crippen molar-refractivity contribution in [2.24, 2.45) is 5.92 Å². The zero-order valence-electron chi connectivity index (χ0n) is 8.95. The van der Waals surface area contributed by atoms with Crippen LogP contribution in [-0.2, 0) is 4.79 Å². The Kier molecular flexibility index (Phi) is 3.04. The van der Waals surface area contributed by atoms with Crippen molar-refractivity contribution < 1.29 is 9.32 Å². The van der Waals surface area contributed by atoms with E-state index in [2.05, 4.69) is 10.5 Å². The Balaban J connectivity index is 1.81. The number of hydrogen-bond acceptors (Lipinski definition) is 3. The van der Waals surface area contributed by atoms with E-state index in [1.807, 2.05) is 0 Å². The van der Waals surface area contributed by atoms with Gasteiger partial charge in [-0.2, -0.15) is 0 Å². The van der Waals surface area contributed by atoms with Gasteiger partial charge in [-0.15, -0.1) is 0 Å². The first kappa shape index (κ1) is 10.2. The molecule has 82 valence electrons. The van der Waals surface area contributed by atoms with E-state index in [0.29, 0.717) is 23.9 Å². The molecule has 1 N–H and O–H groups in total. The van der Waals surface area contributed by atoms with E-state index < -0.39 is 0 Å². The van der Waals surface area contributed by atoms with Crippen molar-refractivity contribution in [1.29, 1.82) is 0 Å². The number of nitrogens with zero attached hydrogens (tertiary/aromatic N) is 1. The van der Waals surface area contributed by atoms with E-state index >= 15 is 0 Å². The SMILES string of the molecule is Cc1cc(NC(=O)CC2CCCC2)no1. The first-order chi connectivity index (χ1) is 7.24. The largest absolute Gasteiger partial charge is 0.360 e. The fourth-order valence-electron chi connectivity index (χ4n) is 2.10. The highest BCUT2D eigenvalue weighted by Crippen LogP contribution is 2.27. The number of nitrogens with one attached hydrogen (secondary N) is 1. The molecule has 1 aliphatic carbocycles. The molecule has 15 heavy (non-hydrogen) atoms. The van der Waals surface area contributed by atoms with Gasteiger partial charge in [-0.3, -0.25) is 4.79 Å². The van der Waals surface area contributed by atoms with Crippen molar-refractivity contribution in [2.45, 2.75) is 39.0 Å². The molecule has 1 saturated carbocycles. The second-order valence-electron chi connectivity index (χ2n) is 4.23. The van der Waals surface area contributed by atoms with Crippen molar-refractivity contribution in [1.82, 2.24) is 5.16 Å². The third kappa shape index (κ3) is 2.81. The molecule has 0 saturated heterocycles. The van der Waals surface area contributed by atoms with Crippen LogP contribution in [0.3, 0.4) is 0 Å². The highest BCUT2D eigenvalue weighted by atomic mass is 16.5. The van der Waals surface area contributed by atoms with Crippen LogP contribution in [0.5, 0.6) is 0 Å². The van der Waals surface area contributed by atoms with Crippen LogP contribution in [0.2, 0.25) is 0 Å². The lowest BCUT2D eigenvalue weighted by Crippen LogP contribution is -2.15. The van der Waals surface area contributed by atoms with Crippen LogP contribution >= 0.6 is 0 Å². The van der Waals surface area contributed by atoms with Crippen LogP contribution in [-0.4, -0.2) is 11.1 Å². The van der Waals surface area contributed by atoms with E-state index in [-0.39, 0.29) is 5.91 Å². The molecule has 1 fully saturated rings. The molecule has 0 unspecified atom stereocenters. The molecular formula is C11H16N2O2. The molecular weight excluding hydrogens is 192 g/mol. The van der Waals surface area contributed by atoms with Crippen molar-refractivity contribution in [3.63, 3.8) is 0 Å². The van der Waals surface area contributed by atoms with Gasteiger partial charge in [0, 0.05) is 12.5 Å². The van der Waals surface area contributed by atoms with Gasteiger partial charge in [-0.25, -0.2) is 0 Å². The third-order valence-corrected chi connectivity index (χ3v) is 2.84. The Morgan fingerprint density at radius 2 is 2.33 bits per heavy atom. The van der Waals surface area contributed by atoms with Gasteiger partial charge in [0.2, 0.25) is 5.91 Å². The number of carbonyl (C=O) groups is 1. The van der Waals surface area contributed by atoms with E-state index in [9.17, 15) is 4.79 Å². The van der Waals surface area contributed by atoms with Gasteiger partial charge in [-0.05, 0) is 25.7 Å². The lowest BCUT2D eigenvalue weighted by Gasteiger charge is -2.06. The highest BCUT2D eigenvalue weighted by molar-refractivity contribution is 5.89. The van der Waals surface area contributed by atoms with Gasteiger partial charge < -0.3 is 9.84 Å². The Labute approximate surface area is 89.0 Å². The first-order valence-electron chi connectivity index (χ1n) is 5.47. The van der Waals surface area contributed by atoms with E-state index in [1.54, 1.807) is 13.0 Å². The van der Waals surface area contributed by atoms with Gasteiger partial charge in [-0.1, -0.05) is 18.0 Å². The number of anilines is 1. The van der Waals surface area contributed by atoms with E-state index in [1.165, 1.54) is 25.7 Å². The van der Waals surface area contributed by atoms with Crippen molar-refractivity contribution in [2.75, 3.05) is 5.32 Å². The van der Waals surface area contributed by atoms with Crippen LogP contribution in [0.1, 0.15) is 37.9 Å². The minimum absolute atomic E-state index is 0.0511. The Morgan fingerprint density at radius 3 is 2.93 bits per heavy atom. The van der Waals surface area contributed by atoms with Gasteiger partial charge >= 0.3 is 0 Å². The lowest BCUT2D eigenvalue weighted by atomic mass is 10.0. The summed E-state index contributed by atoms with van der Waals surface area (Å²) in [6.07, 6.45) is 5.52. The van der Waals surface area contributed by atoms with Crippen LogP contribution in [0, 0.1) is 12.8 Å².